The lowest BCUT2D eigenvalue weighted by Gasteiger charge is -2.32. The maximum atomic E-state index is 13.8. The van der Waals surface area contributed by atoms with Crippen molar-refractivity contribution < 1.29 is 46.6 Å². The third kappa shape index (κ3) is 8.44. The van der Waals surface area contributed by atoms with E-state index in [4.69, 9.17) is 23.5 Å². The van der Waals surface area contributed by atoms with Gasteiger partial charge in [-0.15, -0.1) is 0 Å². The van der Waals surface area contributed by atoms with E-state index in [-0.39, 0.29) is 55.4 Å². The Morgan fingerprint density at radius 1 is 1.00 bits per heavy atom. The predicted octanol–water partition coefficient (Wildman–Crippen LogP) is 3.80. The molecule has 1 aliphatic rings. The molecule has 0 N–H and O–H groups in total. The molecule has 0 radical (unpaired) electrons. The molecule has 0 bridgehead atoms. The Labute approximate surface area is 271 Å². The average molecular weight is 655 g/mol. The van der Waals surface area contributed by atoms with Crippen molar-refractivity contribution in [1.29, 1.82) is 5.26 Å². The van der Waals surface area contributed by atoms with Gasteiger partial charge in [-0.25, -0.2) is 9.97 Å². The molecule has 47 heavy (non-hydrogen) atoms. The van der Waals surface area contributed by atoms with E-state index in [1.54, 1.807) is 23.1 Å². The minimum absolute atomic E-state index is 0.0453. The van der Waals surface area contributed by atoms with Crippen LogP contribution in [0.2, 0.25) is 0 Å². The van der Waals surface area contributed by atoms with Gasteiger partial charge in [-0.2, -0.15) is 18.4 Å². The molecular weight excluding hydrogens is 620 g/mol. The van der Waals surface area contributed by atoms with Crippen LogP contribution in [-0.2, 0) is 33.4 Å². The van der Waals surface area contributed by atoms with Crippen molar-refractivity contribution >= 4 is 24.5 Å². The number of carboxylic acid groups (broad SMARTS) is 1. The quantitative estimate of drug-likeness (QED) is 0.196. The number of rotatable bonds is 13. The van der Waals surface area contributed by atoms with Gasteiger partial charge in [0, 0.05) is 19.1 Å². The second kappa shape index (κ2) is 14.1. The zero-order chi connectivity index (χ0) is 34.6. The van der Waals surface area contributed by atoms with Gasteiger partial charge in [-0.05, 0) is 87.5 Å². The first-order valence-corrected chi connectivity index (χ1v) is 14.7. The first-order valence-electron chi connectivity index (χ1n) is 14.7. The summed E-state index contributed by atoms with van der Waals surface area (Å²) in [6, 6.07) is 8.41. The summed E-state index contributed by atoms with van der Waals surface area (Å²) < 4.78 is 70.6. The average Bonchev–Trinajstić information content (AvgIpc) is 3.24. The Morgan fingerprint density at radius 3 is 2.17 bits per heavy atom. The van der Waals surface area contributed by atoms with E-state index in [9.17, 15) is 28.3 Å². The number of anilines is 1. The van der Waals surface area contributed by atoms with Crippen LogP contribution in [0, 0.1) is 11.3 Å². The van der Waals surface area contributed by atoms with Gasteiger partial charge < -0.3 is 38.3 Å². The molecule has 250 valence electrons. The molecule has 15 heteroatoms. The summed E-state index contributed by atoms with van der Waals surface area (Å²) >= 11 is 0. The molecule has 0 unspecified atom stereocenters. The van der Waals surface area contributed by atoms with Crippen molar-refractivity contribution in [1.82, 2.24) is 9.97 Å². The van der Waals surface area contributed by atoms with Crippen molar-refractivity contribution in [3.8, 4) is 23.3 Å². The summed E-state index contributed by atoms with van der Waals surface area (Å²) in [6.45, 7) is 7.66. The molecule has 11 nitrogen and oxygen atoms in total. The topological polar surface area (TPSA) is 139 Å². The van der Waals surface area contributed by atoms with Gasteiger partial charge in [-0.1, -0.05) is 0 Å². The van der Waals surface area contributed by atoms with Crippen LogP contribution in [0.25, 0.3) is 0 Å². The Morgan fingerprint density at radius 2 is 1.62 bits per heavy atom. The molecule has 1 aromatic heterocycles. The lowest BCUT2D eigenvalue weighted by atomic mass is 9.75. The van der Waals surface area contributed by atoms with Crippen LogP contribution in [0.1, 0.15) is 62.8 Å². The number of halogens is 3. The van der Waals surface area contributed by atoms with E-state index in [1.165, 1.54) is 32.7 Å². The van der Waals surface area contributed by atoms with Crippen LogP contribution in [0.5, 0.6) is 17.2 Å². The van der Waals surface area contributed by atoms with Crippen LogP contribution in [0.15, 0.2) is 42.7 Å². The van der Waals surface area contributed by atoms with Gasteiger partial charge >= 0.3 is 13.3 Å². The largest absolute Gasteiger partial charge is 0.550 e. The zero-order valence-electron chi connectivity index (χ0n) is 26.9. The van der Waals surface area contributed by atoms with Gasteiger partial charge in [0.05, 0.1) is 61.6 Å². The zero-order valence-corrected chi connectivity index (χ0v) is 26.9. The summed E-state index contributed by atoms with van der Waals surface area (Å²) in [5.41, 5.74) is -1.04. The number of hydrogen-bond donors (Lipinski definition) is 0. The van der Waals surface area contributed by atoms with Crippen LogP contribution in [0.3, 0.4) is 0 Å². The molecule has 1 saturated heterocycles. The fourth-order valence-corrected chi connectivity index (χ4v) is 4.85. The lowest BCUT2D eigenvalue weighted by molar-refractivity contribution is -0.305. The Bertz CT molecular complexity index is 1610. The number of aromatic nitrogens is 2. The number of carboxylic acids is 1. The second-order valence-corrected chi connectivity index (χ2v) is 11.9. The van der Waals surface area contributed by atoms with Crippen molar-refractivity contribution in [3.63, 3.8) is 0 Å². The number of carbonyl (C=O) groups excluding carboxylic acids is 1. The fraction of sp³-hybridized carbons (Fsp3) is 0.438. The maximum Gasteiger partial charge on any atom is 0.495 e. The number of nitriles is 1. The van der Waals surface area contributed by atoms with Crippen LogP contribution in [0.4, 0.5) is 19.1 Å². The van der Waals surface area contributed by atoms with Gasteiger partial charge in [0.15, 0.2) is 17.2 Å². The van der Waals surface area contributed by atoms with E-state index in [0.29, 0.717) is 22.5 Å². The molecule has 0 spiro atoms. The highest BCUT2D eigenvalue weighted by Gasteiger charge is 2.52. The molecule has 0 saturated carbocycles. The minimum Gasteiger partial charge on any atom is -0.550 e. The van der Waals surface area contributed by atoms with E-state index >= 15 is 0 Å². The first-order chi connectivity index (χ1) is 22.1. The Kier molecular flexibility index (Phi) is 10.6. The van der Waals surface area contributed by atoms with E-state index in [1.807, 2.05) is 27.7 Å². The van der Waals surface area contributed by atoms with Crippen molar-refractivity contribution in [2.24, 2.45) is 0 Å². The molecule has 2 heterocycles. The smallest absolute Gasteiger partial charge is 0.495 e. The minimum atomic E-state index is -4.67. The summed E-state index contributed by atoms with van der Waals surface area (Å²) in [5.74, 6) is 0.0230. The van der Waals surface area contributed by atoms with Gasteiger partial charge in [-0.3, -0.25) is 0 Å². The molecule has 3 aromatic rings. The summed E-state index contributed by atoms with van der Waals surface area (Å²) in [7, 11) is 2.15. The van der Waals surface area contributed by atoms with E-state index in [0.717, 1.165) is 12.1 Å². The highest BCUT2D eigenvalue weighted by molar-refractivity contribution is 6.62. The second-order valence-electron chi connectivity index (χ2n) is 11.9. The summed E-state index contributed by atoms with van der Waals surface area (Å²) in [4.78, 5) is 21.1. The highest BCUT2D eigenvalue weighted by atomic mass is 19.4. The maximum absolute atomic E-state index is 13.8. The first kappa shape index (κ1) is 35.3. The molecule has 2 aromatic carbocycles. The third-order valence-electron chi connectivity index (χ3n) is 8.03. The van der Waals surface area contributed by atoms with Crippen LogP contribution >= 0.6 is 0 Å². The van der Waals surface area contributed by atoms with Crippen molar-refractivity contribution in [2.75, 3.05) is 25.7 Å². The van der Waals surface area contributed by atoms with Gasteiger partial charge in [0.2, 0.25) is 5.95 Å². The van der Waals surface area contributed by atoms with E-state index in [2.05, 4.69) is 9.97 Å². The number of alkyl halides is 3. The molecule has 1 fully saturated rings. The Hall–Kier alpha value is -4.55. The van der Waals surface area contributed by atoms with Gasteiger partial charge in [0.1, 0.15) is 0 Å². The number of nitrogens with zero attached hydrogens (tertiary/aromatic N) is 4. The number of carbonyl (C=O) groups is 1. The number of benzene rings is 2. The SMILES string of the molecule is COc1cc(CN(Cc2cc(C#N)cc(C(F)(F)F)c2)c2ncc(OCCCC(=O)[O-])cn2)c(B2OC(C)(C)C(C)(C)O2)cc1OC. The van der Waals surface area contributed by atoms with Crippen molar-refractivity contribution in [3.05, 3.63) is 65.0 Å². The standard InChI is InChI=1S/C32H36BF3N4O7/c1-30(2)31(3,4)47-33(46-30)25-14-27(44-6)26(43-5)13-22(25)19-40(18-21-10-20(15-37)11-23(12-21)32(34,35)36)29-38-16-24(17-39-29)45-9-7-8-28(41)42/h10-14,16-17H,7-9,18-19H2,1-6H3,(H,41,42)/p-1. The number of aliphatic carboxylic acids is 1. The van der Waals surface area contributed by atoms with Gasteiger partial charge in [0.25, 0.3) is 0 Å². The molecule has 1 aliphatic heterocycles. The summed E-state index contributed by atoms with van der Waals surface area (Å²) in [5, 5.41) is 20.2. The van der Waals surface area contributed by atoms with E-state index < -0.39 is 36.0 Å². The molecule has 0 amide bonds. The molecule has 0 aliphatic carbocycles. The number of methoxy groups -OCH3 is 2. The van der Waals surface area contributed by atoms with Crippen LogP contribution < -0.4 is 29.7 Å². The molecular formula is C32H35BF3N4O7-. The lowest BCUT2D eigenvalue weighted by Crippen LogP contribution is -2.41. The molecule has 4 rings (SSSR count). The molecule has 0 atom stereocenters. The monoisotopic (exact) mass is 655 g/mol. The Balaban J connectivity index is 1.77. The normalized spacial score (nSPS) is 15.2. The summed E-state index contributed by atoms with van der Waals surface area (Å²) in [6.07, 6.45) is -1.87. The highest BCUT2D eigenvalue weighted by Crippen LogP contribution is 2.38. The third-order valence-corrected chi connectivity index (χ3v) is 8.03. The van der Waals surface area contributed by atoms with Crippen LogP contribution in [-0.4, -0.2) is 55.1 Å². The predicted molar refractivity (Wildman–Crippen MR) is 163 cm³/mol. The number of ether oxygens (including phenoxy) is 3. The fourth-order valence-electron chi connectivity index (χ4n) is 4.85. The van der Waals surface area contributed by atoms with Crippen molar-refractivity contribution in [2.45, 2.75) is 71.0 Å². The number of hydrogen-bond acceptors (Lipinski definition) is 11.